The first kappa shape index (κ1) is 28.9. The Kier molecular flexibility index (Phi) is 8.46. The fourth-order valence-electron chi connectivity index (χ4n) is 6.90. The second kappa shape index (κ2) is 11.7. The van der Waals surface area contributed by atoms with Crippen LogP contribution in [0.2, 0.25) is 5.02 Å². The third-order valence-electron chi connectivity index (χ3n) is 8.29. The van der Waals surface area contributed by atoms with Gasteiger partial charge in [-0.1, -0.05) is 50.6 Å². The van der Waals surface area contributed by atoms with Crippen molar-refractivity contribution in [3.8, 4) is 11.5 Å². The highest BCUT2D eigenvalue weighted by atomic mass is 35.5. The van der Waals surface area contributed by atoms with E-state index in [0.29, 0.717) is 18.3 Å². The summed E-state index contributed by atoms with van der Waals surface area (Å²) >= 11 is 7.71. The number of aromatic nitrogens is 1. The van der Waals surface area contributed by atoms with Crippen molar-refractivity contribution < 1.29 is 14.3 Å². The van der Waals surface area contributed by atoms with Gasteiger partial charge in [-0.2, -0.15) is 0 Å². The molecule has 2 aliphatic rings. The van der Waals surface area contributed by atoms with Gasteiger partial charge in [-0.15, -0.1) is 11.3 Å². The van der Waals surface area contributed by atoms with Crippen LogP contribution in [0, 0.1) is 10.8 Å². The third kappa shape index (κ3) is 6.64. The molecule has 1 aromatic heterocycles. The Balaban J connectivity index is 1.29. The van der Waals surface area contributed by atoms with Crippen LogP contribution in [-0.2, 0) is 19.5 Å². The van der Waals surface area contributed by atoms with Crippen molar-refractivity contribution in [1.82, 2.24) is 14.8 Å². The Morgan fingerprint density at radius 2 is 1.77 bits per heavy atom. The molecule has 2 aromatic carbocycles. The number of carbonyl (C=O) groups excluding carboxylic acids is 1. The number of hydrogen-bond donors (Lipinski definition) is 0. The van der Waals surface area contributed by atoms with E-state index in [1.54, 1.807) is 25.6 Å². The minimum atomic E-state index is 0.0866. The number of ether oxygens (including phenoxy) is 2. The molecule has 6 nitrogen and oxygen atoms in total. The molecule has 0 spiro atoms. The highest BCUT2D eigenvalue weighted by Crippen LogP contribution is 2.52. The number of hydrogen-bond acceptors (Lipinski definition) is 6. The maximum absolute atomic E-state index is 13.6. The van der Waals surface area contributed by atoms with Gasteiger partial charge in [0.25, 0.3) is 5.91 Å². The van der Waals surface area contributed by atoms with E-state index in [4.69, 9.17) is 26.1 Å². The Morgan fingerprint density at radius 1 is 1.05 bits per heavy atom. The van der Waals surface area contributed by atoms with Crippen LogP contribution >= 0.6 is 22.9 Å². The summed E-state index contributed by atoms with van der Waals surface area (Å²) in [6.07, 6.45) is 4.18. The smallest absolute Gasteiger partial charge is 0.273 e. The average Bonchev–Trinajstić information content (AvgIpc) is 3.48. The van der Waals surface area contributed by atoms with Gasteiger partial charge in [-0.3, -0.25) is 9.69 Å². The first-order valence-electron chi connectivity index (χ1n) is 14.0. The highest BCUT2D eigenvalue weighted by molar-refractivity contribution is 7.09. The first-order chi connectivity index (χ1) is 19.1. The van der Waals surface area contributed by atoms with Crippen LogP contribution in [0.4, 0.5) is 0 Å². The molecule has 0 radical (unpaired) electrons. The number of fused-ring (bicyclic) bond motifs is 2. The van der Waals surface area contributed by atoms with Crippen LogP contribution in [0.3, 0.4) is 0 Å². The Morgan fingerprint density at radius 3 is 2.50 bits per heavy atom. The number of thiazole rings is 1. The van der Waals surface area contributed by atoms with Crippen molar-refractivity contribution >= 4 is 28.8 Å². The summed E-state index contributed by atoms with van der Waals surface area (Å²) in [7, 11) is 3.31. The quantitative estimate of drug-likeness (QED) is 0.256. The number of halogens is 1. The van der Waals surface area contributed by atoms with Gasteiger partial charge in [0.1, 0.15) is 10.7 Å². The number of carbonyl (C=O) groups is 1. The zero-order valence-corrected chi connectivity index (χ0v) is 25.8. The van der Waals surface area contributed by atoms with Crippen LogP contribution in [0.1, 0.15) is 66.7 Å². The fraction of sp³-hybridized carbons (Fsp3) is 0.500. The molecule has 8 heteroatoms. The zero-order valence-electron chi connectivity index (χ0n) is 24.2. The summed E-state index contributed by atoms with van der Waals surface area (Å²) in [5, 5.41) is 3.63. The van der Waals surface area contributed by atoms with Crippen LogP contribution < -0.4 is 9.47 Å². The van der Waals surface area contributed by atoms with E-state index in [9.17, 15) is 4.79 Å². The molecular formula is C32H40ClN3O3S. The van der Waals surface area contributed by atoms with Gasteiger partial charge in [0.2, 0.25) is 0 Å². The summed E-state index contributed by atoms with van der Waals surface area (Å²) in [5.74, 6) is 1.54. The molecule has 2 fully saturated rings. The van der Waals surface area contributed by atoms with Gasteiger partial charge in [-0.25, -0.2) is 4.98 Å². The topological polar surface area (TPSA) is 54.9 Å². The van der Waals surface area contributed by atoms with Gasteiger partial charge in [-0.05, 0) is 71.9 Å². The summed E-state index contributed by atoms with van der Waals surface area (Å²) in [6.45, 7) is 10.1. The lowest BCUT2D eigenvalue weighted by Gasteiger charge is -2.39. The molecule has 1 amide bonds. The van der Waals surface area contributed by atoms with E-state index in [-0.39, 0.29) is 16.7 Å². The molecule has 3 aromatic rings. The number of nitrogens with zero attached hydrogens (tertiary/aromatic N) is 3. The molecule has 5 rings (SSSR count). The average molecular weight is 582 g/mol. The monoisotopic (exact) mass is 581 g/mol. The van der Waals surface area contributed by atoms with E-state index >= 15 is 0 Å². The van der Waals surface area contributed by atoms with Crippen LogP contribution in [0.25, 0.3) is 0 Å². The summed E-state index contributed by atoms with van der Waals surface area (Å²) in [5.41, 5.74) is 3.42. The highest BCUT2D eigenvalue weighted by Gasteiger charge is 2.51. The maximum Gasteiger partial charge on any atom is 0.273 e. The van der Waals surface area contributed by atoms with Gasteiger partial charge >= 0.3 is 0 Å². The number of amides is 1. The largest absolute Gasteiger partial charge is 0.493 e. The molecule has 2 unspecified atom stereocenters. The second-order valence-electron chi connectivity index (χ2n) is 12.5. The lowest BCUT2D eigenvalue weighted by molar-refractivity contribution is 0.0702. The maximum atomic E-state index is 13.6. The number of benzene rings is 2. The van der Waals surface area contributed by atoms with E-state index in [1.165, 1.54) is 17.5 Å². The lowest BCUT2D eigenvalue weighted by Crippen LogP contribution is -2.37. The molecule has 1 aliphatic heterocycles. The fourth-order valence-corrected chi connectivity index (χ4v) is 7.84. The molecule has 0 N–H and O–H groups in total. The minimum Gasteiger partial charge on any atom is -0.493 e. The van der Waals surface area contributed by atoms with Gasteiger partial charge in [0.15, 0.2) is 11.5 Å². The predicted octanol–water partition coefficient (Wildman–Crippen LogP) is 7.10. The van der Waals surface area contributed by atoms with Gasteiger partial charge in [0.05, 0.1) is 20.8 Å². The summed E-state index contributed by atoms with van der Waals surface area (Å²) in [6, 6.07) is 14.4. The normalized spacial score (nSPS) is 21.6. The van der Waals surface area contributed by atoms with Crippen molar-refractivity contribution in [3.05, 3.63) is 74.7 Å². The number of rotatable bonds is 10. The van der Waals surface area contributed by atoms with Crippen LogP contribution in [-0.4, -0.2) is 54.0 Å². The lowest BCUT2D eigenvalue weighted by atomic mass is 9.65. The van der Waals surface area contributed by atoms with Crippen LogP contribution in [0.15, 0.2) is 47.8 Å². The summed E-state index contributed by atoms with van der Waals surface area (Å²) in [4.78, 5) is 22.9. The third-order valence-corrected chi connectivity index (χ3v) is 9.38. The molecule has 214 valence electrons. The number of likely N-dealkylation sites (tertiary alicyclic amines) is 1. The van der Waals surface area contributed by atoms with Gasteiger partial charge in [0, 0.05) is 36.1 Å². The molecule has 2 heterocycles. The Labute approximate surface area is 247 Å². The Hall–Kier alpha value is -2.61. The molecular weight excluding hydrogens is 542 g/mol. The van der Waals surface area contributed by atoms with E-state index in [1.807, 2.05) is 29.6 Å². The van der Waals surface area contributed by atoms with E-state index in [2.05, 4.69) is 48.8 Å². The second-order valence-corrected chi connectivity index (χ2v) is 13.9. The summed E-state index contributed by atoms with van der Waals surface area (Å²) < 4.78 is 10.9. The van der Waals surface area contributed by atoms with E-state index in [0.717, 1.165) is 60.4 Å². The predicted molar refractivity (Wildman–Crippen MR) is 161 cm³/mol. The van der Waals surface area contributed by atoms with Crippen molar-refractivity contribution in [1.29, 1.82) is 0 Å². The zero-order chi connectivity index (χ0) is 28.5. The van der Waals surface area contributed by atoms with Crippen molar-refractivity contribution in [3.63, 3.8) is 0 Å². The molecule has 2 bridgehead atoms. The Bertz CT molecular complexity index is 1340. The molecule has 40 heavy (non-hydrogen) atoms. The SMILES string of the molecule is COc1ccc(CCN(Cc2ccc(Cl)cc2)Cc2nc(C(=O)N3CC4(C)CC3CC(C)(C)C4)cs2)cc1OC. The number of methoxy groups -OCH3 is 2. The molecule has 1 saturated carbocycles. The van der Waals surface area contributed by atoms with Crippen LogP contribution in [0.5, 0.6) is 11.5 Å². The van der Waals surface area contributed by atoms with Crippen molar-refractivity contribution in [2.24, 2.45) is 10.8 Å². The van der Waals surface area contributed by atoms with Crippen molar-refractivity contribution in [2.75, 3.05) is 27.3 Å². The standard InChI is InChI=1S/C32H40ClN3O3S/c1-31(2)15-25-16-32(3,20-31)21-36(25)30(37)26-19-40-29(34-26)18-35(17-23-6-9-24(33)10-7-23)13-12-22-8-11-27(38-4)28(14-22)39-5/h6-11,14,19,25H,12-13,15-18,20-21H2,1-5H3. The molecule has 1 aliphatic carbocycles. The molecule has 1 saturated heterocycles. The molecule has 2 atom stereocenters. The van der Waals surface area contributed by atoms with Crippen molar-refractivity contribution in [2.45, 2.75) is 65.6 Å². The van der Waals surface area contributed by atoms with E-state index < -0.39 is 0 Å². The first-order valence-corrected chi connectivity index (χ1v) is 15.3. The van der Waals surface area contributed by atoms with Gasteiger partial charge < -0.3 is 14.4 Å². The minimum absolute atomic E-state index is 0.0866.